The highest BCUT2D eigenvalue weighted by Gasteiger charge is 2.13. The minimum absolute atomic E-state index is 0.344. The number of aromatic nitrogens is 1. The maximum atomic E-state index is 14.1. The average molecular weight is 387 g/mol. The number of para-hydroxylation sites is 1. The second-order valence-electron chi connectivity index (χ2n) is 6.35. The van der Waals surface area contributed by atoms with Gasteiger partial charge in [0.25, 0.3) is 5.91 Å². The summed E-state index contributed by atoms with van der Waals surface area (Å²) in [5.74, 6) is -0.276. The fourth-order valence-corrected chi connectivity index (χ4v) is 3.15. The van der Waals surface area contributed by atoms with Gasteiger partial charge in [0.1, 0.15) is 11.6 Å². The number of nitrogens with zero attached hydrogens (tertiary/aromatic N) is 2. The zero-order valence-electron chi connectivity index (χ0n) is 15.7. The first kappa shape index (κ1) is 18.4. The summed E-state index contributed by atoms with van der Waals surface area (Å²) in [6.07, 6.45) is 3.20. The molecule has 144 valence electrons. The number of nitrogens with one attached hydrogen (secondary N) is 1. The average Bonchev–Trinajstić information content (AvgIpc) is 3.21. The molecule has 1 amide bonds. The van der Waals surface area contributed by atoms with E-state index in [0.29, 0.717) is 22.7 Å². The fourth-order valence-electron chi connectivity index (χ4n) is 3.15. The molecule has 0 aliphatic carbocycles. The van der Waals surface area contributed by atoms with Crippen LogP contribution >= 0.6 is 0 Å². The van der Waals surface area contributed by atoms with Crippen LogP contribution in [0, 0.1) is 5.82 Å². The monoisotopic (exact) mass is 387 g/mol. The molecule has 0 atom stereocenters. The summed E-state index contributed by atoms with van der Waals surface area (Å²) < 4.78 is 21.1. The highest BCUT2D eigenvalue weighted by Crippen LogP contribution is 2.25. The van der Waals surface area contributed by atoms with Gasteiger partial charge in [0, 0.05) is 6.20 Å². The summed E-state index contributed by atoms with van der Waals surface area (Å²) in [5, 5.41) is 5.94. The summed E-state index contributed by atoms with van der Waals surface area (Å²) in [6, 6.07) is 21.3. The van der Waals surface area contributed by atoms with E-state index in [2.05, 4.69) is 10.5 Å². The minimum Gasteiger partial charge on any atom is -0.496 e. The molecule has 5 nitrogen and oxygen atoms in total. The lowest BCUT2D eigenvalue weighted by Gasteiger charge is -2.09. The van der Waals surface area contributed by atoms with Gasteiger partial charge in [-0.15, -0.1) is 0 Å². The van der Waals surface area contributed by atoms with E-state index in [1.165, 1.54) is 19.4 Å². The first-order valence-corrected chi connectivity index (χ1v) is 9.00. The Hall–Kier alpha value is -3.93. The predicted molar refractivity (Wildman–Crippen MR) is 111 cm³/mol. The lowest BCUT2D eigenvalue weighted by Crippen LogP contribution is -2.18. The van der Waals surface area contributed by atoms with Crippen molar-refractivity contribution in [2.75, 3.05) is 7.11 Å². The Balaban J connectivity index is 1.57. The van der Waals surface area contributed by atoms with Gasteiger partial charge in [0.15, 0.2) is 0 Å². The van der Waals surface area contributed by atoms with E-state index in [-0.39, 0.29) is 5.82 Å². The molecule has 0 unspecified atom stereocenters. The normalized spacial score (nSPS) is 11.1. The van der Waals surface area contributed by atoms with Crippen LogP contribution in [0.25, 0.3) is 16.5 Å². The van der Waals surface area contributed by atoms with Gasteiger partial charge in [0.2, 0.25) is 0 Å². The molecule has 0 aliphatic heterocycles. The van der Waals surface area contributed by atoms with Gasteiger partial charge in [-0.3, -0.25) is 4.79 Å². The lowest BCUT2D eigenvalue weighted by atomic mass is 10.1. The number of carbonyl (C=O) groups excluding carboxylic acids is 1. The molecule has 1 N–H and O–H groups in total. The molecule has 0 saturated carbocycles. The van der Waals surface area contributed by atoms with Gasteiger partial charge in [0.05, 0.1) is 30.3 Å². The lowest BCUT2D eigenvalue weighted by molar-refractivity contribution is 0.0952. The Labute approximate surface area is 167 Å². The van der Waals surface area contributed by atoms with Gasteiger partial charge in [-0.1, -0.05) is 36.4 Å². The zero-order chi connectivity index (χ0) is 20.2. The van der Waals surface area contributed by atoms with Crippen molar-refractivity contribution in [1.29, 1.82) is 0 Å². The number of hydrogen-bond acceptors (Lipinski definition) is 3. The van der Waals surface area contributed by atoms with Gasteiger partial charge in [-0.05, 0) is 47.2 Å². The van der Waals surface area contributed by atoms with Crippen LogP contribution in [0.4, 0.5) is 4.39 Å². The summed E-state index contributed by atoms with van der Waals surface area (Å²) >= 11 is 0. The Morgan fingerprint density at radius 3 is 2.52 bits per heavy atom. The van der Waals surface area contributed by atoms with E-state index in [0.717, 1.165) is 10.8 Å². The summed E-state index contributed by atoms with van der Waals surface area (Å²) in [4.78, 5) is 12.6. The largest absolute Gasteiger partial charge is 0.496 e. The van der Waals surface area contributed by atoms with Crippen LogP contribution in [0.15, 0.2) is 84.1 Å². The van der Waals surface area contributed by atoms with Crippen LogP contribution in [0.5, 0.6) is 5.75 Å². The molecular formula is C23H18FN3O2. The molecule has 0 aliphatic rings. The van der Waals surface area contributed by atoms with Crippen LogP contribution in [-0.2, 0) is 0 Å². The smallest absolute Gasteiger partial charge is 0.275 e. The molecule has 6 heteroatoms. The maximum absolute atomic E-state index is 14.1. The quantitative estimate of drug-likeness (QED) is 0.404. The number of benzene rings is 3. The Bertz CT molecular complexity index is 1210. The molecule has 0 bridgehead atoms. The van der Waals surface area contributed by atoms with E-state index >= 15 is 0 Å². The molecule has 0 fully saturated rings. The molecule has 4 rings (SSSR count). The number of ether oxygens (including phenoxy) is 1. The number of fused-ring (bicyclic) bond motifs is 1. The minimum atomic E-state index is -0.396. The number of methoxy groups -OCH3 is 1. The second-order valence-corrected chi connectivity index (χ2v) is 6.35. The predicted octanol–water partition coefficient (Wildman–Crippen LogP) is 4.54. The third-order valence-corrected chi connectivity index (χ3v) is 4.57. The zero-order valence-corrected chi connectivity index (χ0v) is 15.7. The topological polar surface area (TPSA) is 55.6 Å². The number of rotatable bonds is 5. The van der Waals surface area contributed by atoms with Crippen LogP contribution in [-0.4, -0.2) is 23.8 Å². The Morgan fingerprint density at radius 1 is 1.03 bits per heavy atom. The van der Waals surface area contributed by atoms with Gasteiger partial charge < -0.3 is 9.30 Å². The third-order valence-electron chi connectivity index (χ3n) is 4.57. The molecule has 0 saturated heterocycles. The molecule has 1 aromatic heterocycles. The second kappa shape index (κ2) is 7.98. The summed E-state index contributed by atoms with van der Waals surface area (Å²) in [5.41, 5.74) is 3.93. The maximum Gasteiger partial charge on any atom is 0.275 e. The van der Waals surface area contributed by atoms with Crippen molar-refractivity contribution in [3.8, 4) is 11.4 Å². The van der Waals surface area contributed by atoms with Crippen molar-refractivity contribution < 1.29 is 13.9 Å². The van der Waals surface area contributed by atoms with Gasteiger partial charge in [-0.25, -0.2) is 9.82 Å². The van der Waals surface area contributed by atoms with Gasteiger partial charge >= 0.3 is 0 Å². The van der Waals surface area contributed by atoms with E-state index in [1.54, 1.807) is 47.2 Å². The first-order valence-electron chi connectivity index (χ1n) is 9.00. The van der Waals surface area contributed by atoms with Crippen molar-refractivity contribution in [1.82, 2.24) is 9.99 Å². The molecule has 1 heterocycles. The van der Waals surface area contributed by atoms with Crippen molar-refractivity contribution in [3.05, 3.63) is 96.1 Å². The van der Waals surface area contributed by atoms with Crippen LogP contribution in [0.2, 0.25) is 0 Å². The van der Waals surface area contributed by atoms with E-state index in [1.807, 2.05) is 30.3 Å². The van der Waals surface area contributed by atoms with Crippen molar-refractivity contribution in [2.24, 2.45) is 5.10 Å². The Morgan fingerprint density at radius 2 is 1.76 bits per heavy atom. The number of hydrogen-bond donors (Lipinski definition) is 1. The van der Waals surface area contributed by atoms with Crippen molar-refractivity contribution >= 4 is 22.9 Å². The number of amides is 1. The van der Waals surface area contributed by atoms with E-state index < -0.39 is 5.91 Å². The standard InChI is InChI=1S/C23H18FN3O2/c1-29-22-14-17-8-3-2-7-16(17)13-19(22)23(28)26-25-15-18-9-6-12-27(18)21-11-5-4-10-20(21)24/h2-15H,1H3,(H,26,28). The summed E-state index contributed by atoms with van der Waals surface area (Å²) in [7, 11) is 1.52. The molecule has 3 aromatic carbocycles. The molecule has 29 heavy (non-hydrogen) atoms. The van der Waals surface area contributed by atoms with Gasteiger partial charge in [-0.2, -0.15) is 5.10 Å². The number of halogens is 1. The SMILES string of the molecule is COc1cc2ccccc2cc1C(=O)NN=Cc1cccn1-c1ccccc1F. The van der Waals surface area contributed by atoms with Crippen LogP contribution in [0.3, 0.4) is 0 Å². The Kier molecular flexibility index (Phi) is 5.07. The molecular weight excluding hydrogens is 369 g/mol. The third kappa shape index (κ3) is 3.73. The van der Waals surface area contributed by atoms with E-state index in [9.17, 15) is 9.18 Å². The van der Waals surface area contributed by atoms with Crippen molar-refractivity contribution in [2.45, 2.75) is 0 Å². The summed E-state index contributed by atoms with van der Waals surface area (Å²) in [6.45, 7) is 0. The van der Waals surface area contributed by atoms with Crippen LogP contribution < -0.4 is 10.2 Å². The van der Waals surface area contributed by atoms with Crippen molar-refractivity contribution in [3.63, 3.8) is 0 Å². The van der Waals surface area contributed by atoms with Crippen LogP contribution in [0.1, 0.15) is 16.1 Å². The highest BCUT2D eigenvalue weighted by atomic mass is 19.1. The first-order chi connectivity index (χ1) is 14.2. The molecule has 4 aromatic rings. The number of carbonyl (C=O) groups is 1. The molecule has 0 spiro atoms. The number of hydrazone groups is 1. The fraction of sp³-hybridized carbons (Fsp3) is 0.0435. The molecule has 0 radical (unpaired) electrons. The van der Waals surface area contributed by atoms with E-state index in [4.69, 9.17) is 4.74 Å². The highest BCUT2D eigenvalue weighted by molar-refractivity contribution is 6.01.